The van der Waals surface area contributed by atoms with Crippen LogP contribution in [0, 0.1) is 46.3 Å². The molecular weight excluding hydrogens is 438 g/mol. The molecule has 0 bridgehead atoms. The van der Waals surface area contributed by atoms with Gasteiger partial charge in [-0.3, -0.25) is 4.79 Å². The van der Waals surface area contributed by atoms with Gasteiger partial charge >= 0.3 is 5.97 Å². The summed E-state index contributed by atoms with van der Waals surface area (Å²) in [6, 6.07) is -1.02. The monoisotopic (exact) mass is 489 g/mol. The Morgan fingerprint density at radius 3 is 2.60 bits per heavy atom. The first kappa shape index (κ1) is 27.1. The van der Waals surface area contributed by atoms with Crippen LogP contribution in [-0.4, -0.2) is 41.0 Å². The third-order valence-electron chi connectivity index (χ3n) is 11.1. The molecule has 0 spiro atoms. The summed E-state index contributed by atoms with van der Waals surface area (Å²) >= 11 is 0. The van der Waals surface area contributed by atoms with Crippen LogP contribution in [0.25, 0.3) is 0 Å². The van der Waals surface area contributed by atoms with Gasteiger partial charge < -0.3 is 20.7 Å². The molecule has 0 saturated heterocycles. The number of aliphatic hydroxyl groups is 2. The van der Waals surface area contributed by atoms with E-state index in [-0.39, 0.29) is 11.5 Å². The van der Waals surface area contributed by atoms with Crippen molar-refractivity contribution in [1.29, 1.82) is 0 Å². The summed E-state index contributed by atoms with van der Waals surface area (Å²) in [6.07, 6.45) is 12.8. The second-order valence-corrected chi connectivity index (χ2v) is 13.5. The molecule has 0 aromatic rings. The molecule has 5 heteroatoms. The van der Waals surface area contributed by atoms with E-state index in [1.807, 2.05) is 0 Å². The van der Waals surface area contributed by atoms with Crippen molar-refractivity contribution in [2.75, 3.05) is 6.61 Å². The predicted octanol–water partition coefficient (Wildman–Crippen LogP) is 5.23. The first-order valence-corrected chi connectivity index (χ1v) is 14.5. The number of fused-ring (bicyclic) bond motifs is 5. The van der Waals surface area contributed by atoms with E-state index in [4.69, 9.17) is 10.5 Å². The zero-order valence-corrected chi connectivity index (χ0v) is 22.8. The van der Waals surface area contributed by atoms with Crippen molar-refractivity contribution in [2.45, 2.75) is 117 Å². The molecule has 200 valence electrons. The lowest BCUT2D eigenvalue weighted by atomic mass is 9.46. The van der Waals surface area contributed by atoms with Gasteiger partial charge in [0.2, 0.25) is 0 Å². The maximum atomic E-state index is 12.6. The van der Waals surface area contributed by atoms with Crippen molar-refractivity contribution < 1.29 is 19.7 Å². The van der Waals surface area contributed by atoms with Gasteiger partial charge in [0.15, 0.2) is 0 Å². The van der Waals surface area contributed by atoms with E-state index in [1.165, 1.54) is 44.1 Å². The van der Waals surface area contributed by atoms with Gasteiger partial charge in [-0.2, -0.15) is 0 Å². The zero-order valence-electron chi connectivity index (χ0n) is 22.8. The minimum absolute atomic E-state index is 0.255. The Kier molecular flexibility index (Phi) is 8.11. The Morgan fingerprint density at radius 2 is 1.91 bits per heavy atom. The molecule has 4 N–H and O–H groups in total. The summed E-state index contributed by atoms with van der Waals surface area (Å²) in [7, 11) is 0. The Hall–Kier alpha value is -0.910. The number of aliphatic hydroxyl groups excluding tert-OH is 2. The van der Waals surface area contributed by atoms with E-state index < -0.39 is 24.7 Å². The van der Waals surface area contributed by atoms with Crippen LogP contribution >= 0.6 is 0 Å². The normalized spacial score (nSPS) is 42.5. The van der Waals surface area contributed by atoms with Crippen molar-refractivity contribution in [1.82, 2.24) is 0 Å². The molecule has 4 aliphatic carbocycles. The highest BCUT2D eigenvalue weighted by Gasteiger charge is 2.61. The molecule has 0 amide bonds. The fraction of sp³-hybridized carbons (Fsp3) is 0.900. The van der Waals surface area contributed by atoms with E-state index in [0.717, 1.165) is 36.5 Å². The summed E-state index contributed by atoms with van der Waals surface area (Å²) in [6.45, 7) is 11.6. The van der Waals surface area contributed by atoms with Crippen molar-refractivity contribution in [3.05, 3.63) is 11.6 Å². The number of nitrogens with two attached hydrogens (primary N) is 1. The molecule has 0 aromatic heterocycles. The fourth-order valence-electron chi connectivity index (χ4n) is 9.17. The third kappa shape index (κ3) is 4.86. The van der Waals surface area contributed by atoms with Crippen molar-refractivity contribution in [3.63, 3.8) is 0 Å². The predicted molar refractivity (Wildman–Crippen MR) is 139 cm³/mol. The quantitative estimate of drug-likeness (QED) is 0.321. The lowest BCUT2D eigenvalue weighted by Gasteiger charge is -2.60. The number of esters is 1. The van der Waals surface area contributed by atoms with Crippen LogP contribution < -0.4 is 5.73 Å². The minimum atomic E-state index is -1.02. The first-order chi connectivity index (χ1) is 16.5. The van der Waals surface area contributed by atoms with Crippen LogP contribution in [-0.2, 0) is 9.53 Å². The Labute approximate surface area is 213 Å². The molecule has 35 heavy (non-hydrogen) atoms. The van der Waals surface area contributed by atoms with Crippen LogP contribution in [0.15, 0.2) is 11.6 Å². The summed E-state index contributed by atoms with van der Waals surface area (Å²) < 4.78 is 5.97. The Balaban J connectivity index is 1.55. The number of allylic oxidation sites excluding steroid dienone is 1. The second kappa shape index (κ2) is 10.5. The topological polar surface area (TPSA) is 92.8 Å². The van der Waals surface area contributed by atoms with Crippen LogP contribution in [0.5, 0.6) is 0 Å². The molecule has 0 radical (unpaired) electrons. The minimum Gasteiger partial charge on any atom is -0.460 e. The number of carbonyl (C=O) groups excluding carboxylic acids is 1. The van der Waals surface area contributed by atoms with Crippen molar-refractivity contribution in [2.24, 2.45) is 52.1 Å². The third-order valence-corrected chi connectivity index (χ3v) is 11.1. The fourth-order valence-corrected chi connectivity index (χ4v) is 9.17. The Bertz CT molecular complexity index is 795. The van der Waals surface area contributed by atoms with Crippen LogP contribution in [0.1, 0.15) is 98.8 Å². The molecule has 1 unspecified atom stereocenters. The smallest absolute Gasteiger partial charge is 0.325 e. The zero-order chi connectivity index (χ0) is 25.5. The molecule has 10 atom stereocenters. The maximum absolute atomic E-state index is 12.6. The molecular formula is C30H51NO4. The molecule has 0 aromatic carbocycles. The highest BCUT2D eigenvalue weighted by molar-refractivity contribution is 5.76. The van der Waals surface area contributed by atoms with Gasteiger partial charge in [-0.1, -0.05) is 65.5 Å². The van der Waals surface area contributed by atoms with Gasteiger partial charge in [0.1, 0.15) is 12.1 Å². The van der Waals surface area contributed by atoms with Gasteiger partial charge in [-0.15, -0.1) is 0 Å². The molecule has 4 aliphatic rings. The van der Waals surface area contributed by atoms with Gasteiger partial charge in [-0.25, -0.2) is 0 Å². The number of carbonyl (C=O) groups is 1. The first-order valence-electron chi connectivity index (χ1n) is 14.5. The SMILES string of the molecule is CC(C)CCC[C@@H](C)[C@H]1CC[C@H]2[C@@H]3CC=C4C[C@@H](O)CC(OC(=O)[C@@H](N)CO)[C@]4(C)[C@H]3CC[C@]12C. The molecule has 3 fully saturated rings. The highest BCUT2D eigenvalue weighted by atomic mass is 16.5. The van der Waals surface area contributed by atoms with Crippen molar-refractivity contribution in [3.8, 4) is 0 Å². The number of hydrogen-bond donors (Lipinski definition) is 3. The summed E-state index contributed by atoms with van der Waals surface area (Å²) in [4.78, 5) is 12.6. The van der Waals surface area contributed by atoms with Crippen LogP contribution in [0.4, 0.5) is 0 Å². The van der Waals surface area contributed by atoms with E-state index in [9.17, 15) is 15.0 Å². The number of hydrogen-bond acceptors (Lipinski definition) is 5. The molecule has 4 rings (SSSR count). The van der Waals surface area contributed by atoms with Gasteiger partial charge in [0, 0.05) is 11.8 Å². The van der Waals surface area contributed by atoms with E-state index in [0.29, 0.717) is 30.1 Å². The van der Waals surface area contributed by atoms with E-state index in [1.54, 1.807) is 0 Å². The molecule has 0 aliphatic heterocycles. The van der Waals surface area contributed by atoms with Crippen LogP contribution in [0.2, 0.25) is 0 Å². The average molecular weight is 490 g/mol. The highest BCUT2D eigenvalue weighted by Crippen LogP contribution is 2.67. The summed E-state index contributed by atoms with van der Waals surface area (Å²) in [5, 5.41) is 20.0. The molecule has 3 saturated carbocycles. The van der Waals surface area contributed by atoms with Gasteiger partial charge in [0.25, 0.3) is 0 Å². The lowest BCUT2D eigenvalue weighted by molar-refractivity contribution is -0.171. The summed E-state index contributed by atoms with van der Waals surface area (Å²) in [5.74, 6) is 3.62. The van der Waals surface area contributed by atoms with Gasteiger partial charge in [-0.05, 0) is 79.4 Å². The van der Waals surface area contributed by atoms with Gasteiger partial charge in [0.05, 0.1) is 12.7 Å². The molecule has 5 nitrogen and oxygen atoms in total. The Morgan fingerprint density at radius 1 is 1.17 bits per heavy atom. The average Bonchev–Trinajstić information content (AvgIpc) is 3.16. The number of rotatable bonds is 8. The van der Waals surface area contributed by atoms with Crippen LogP contribution in [0.3, 0.4) is 0 Å². The maximum Gasteiger partial charge on any atom is 0.325 e. The molecule has 0 heterocycles. The second-order valence-electron chi connectivity index (χ2n) is 13.5. The standard InChI is InChI=1S/C30H51NO4/c1-18(2)7-6-8-19(3)23-11-12-24-22-10-9-20-15-21(33)16-27(35-28(34)26(31)17-32)30(20,5)25(22)13-14-29(23,24)4/h9,18-19,21-27,32-33H,6-8,10-17,31H2,1-5H3/t19-,21-,22+,23-,24+,25+,26+,27?,29-,30+/m1/s1. The van der Waals surface area contributed by atoms with Crippen molar-refractivity contribution >= 4 is 5.97 Å². The largest absolute Gasteiger partial charge is 0.460 e. The van der Waals surface area contributed by atoms with E-state index >= 15 is 0 Å². The van der Waals surface area contributed by atoms with E-state index in [2.05, 4.69) is 40.7 Å². The lowest BCUT2D eigenvalue weighted by Crippen LogP contribution is -2.57. The summed E-state index contributed by atoms with van der Waals surface area (Å²) in [5.41, 5.74) is 7.21. The number of ether oxygens (including phenoxy) is 1.